The van der Waals surface area contributed by atoms with Crippen LogP contribution in [0.1, 0.15) is 40.2 Å². The molecule has 30 heavy (non-hydrogen) atoms. The van der Waals surface area contributed by atoms with Crippen LogP contribution in [0, 0.1) is 25.6 Å². The summed E-state index contributed by atoms with van der Waals surface area (Å²) in [5.74, 6) is -0.439. The standard InChI is InChI=1S/C22H26FN5O2/c1-13-11-25-21(29)19(13)16-4-5-17(18(23)10-16)22(30)28-8-6-27(7-9-28)20-15(3)26-14(2)12-24-20/h4-5,10,12-13,19H,6-9,11H2,1-3H3,(H,25,29)/t13?,19-/m1/s1. The Balaban J connectivity index is 1.45. The molecule has 1 unspecified atom stereocenters. The lowest BCUT2D eigenvalue weighted by atomic mass is 9.89. The highest BCUT2D eigenvalue weighted by Gasteiger charge is 2.34. The number of nitrogens with one attached hydrogen (secondary N) is 1. The van der Waals surface area contributed by atoms with E-state index in [1.807, 2.05) is 20.8 Å². The Kier molecular flexibility index (Phi) is 5.40. The summed E-state index contributed by atoms with van der Waals surface area (Å²) in [6.45, 7) is 8.57. The molecule has 2 aliphatic rings. The second kappa shape index (κ2) is 8.01. The molecule has 1 N–H and O–H groups in total. The first-order chi connectivity index (χ1) is 14.3. The highest BCUT2D eigenvalue weighted by molar-refractivity contribution is 5.95. The van der Waals surface area contributed by atoms with Crippen molar-refractivity contribution in [1.29, 1.82) is 0 Å². The van der Waals surface area contributed by atoms with E-state index in [1.54, 1.807) is 17.2 Å². The van der Waals surface area contributed by atoms with Gasteiger partial charge in [-0.2, -0.15) is 0 Å². The fourth-order valence-corrected chi connectivity index (χ4v) is 4.32. The molecular weight excluding hydrogens is 385 g/mol. The number of benzene rings is 1. The van der Waals surface area contributed by atoms with Crippen LogP contribution in [0.5, 0.6) is 0 Å². The van der Waals surface area contributed by atoms with Crippen LogP contribution < -0.4 is 10.2 Å². The molecule has 2 aliphatic heterocycles. The zero-order chi connectivity index (χ0) is 21.4. The van der Waals surface area contributed by atoms with Crippen molar-refractivity contribution in [2.45, 2.75) is 26.7 Å². The van der Waals surface area contributed by atoms with Gasteiger partial charge < -0.3 is 15.1 Å². The van der Waals surface area contributed by atoms with E-state index in [1.165, 1.54) is 12.1 Å². The summed E-state index contributed by atoms with van der Waals surface area (Å²) in [5, 5.41) is 2.80. The van der Waals surface area contributed by atoms with Gasteiger partial charge in [-0.1, -0.05) is 13.0 Å². The van der Waals surface area contributed by atoms with Crippen molar-refractivity contribution in [3.63, 3.8) is 0 Å². The third kappa shape index (κ3) is 3.74. The SMILES string of the molecule is Cc1cnc(N2CCN(C(=O)c3ccc([C@@H]4C(=O)NCC4C)cc3F)CC2)c(C)n1. The van der Waals surface area contributed by atoms with E-state index in [9.17, 15) is 14.0 Å². The Hall–Kier alpha value is -3.03. The molecule has 2 amide bonds. The van der Waals surface area contributed by atoms with Crippen LogP contribution >= 0.6 is 0 Å². The molecule has 2 aromatic rings. The zero-order valence-electron chi connectivity index (χ0n) is 17.5. The molecule has 0 aliphatic carbocycles. The van der Waals surface area contributed by atoms with Crippen molar-refractivity contribution in [3.05, 3.63) is 52.7 Å². The molecule has 0 spiro atoms. The van der Waals surface area contributed by atoms with E-state index in [2.05, 4.69) is 20.2 Å². The fourth-order valence-electron chi connectivity index (χ4n) is 4.32. The summed E-state index contributed by atoms with van der Waals surface area (Å²) in [4.78, 5) is 37.6. The van der Waals surface area contributed by atoms with Crippen molar-refractivity contribution in [2.75, 3.05) is 37.6 Å². The van der Waals surface area contributed by atoms with Gasteiger partial charge in [-0.15, -0.1) is 0 Å². The first-order valence-electron chi connectivity index (χ1n) is 10.3. The molecule has 0 bridgehead atoms. The van der Waals surface area contributed by atoms with E-state index < -0.39 is 5.82 Å². The van der Waals surface area contributed by atoms with E-state index >= 15 is 0 Å². The molecule has 1 aromatic carbocycles. The Morgan fingerprint density at radius 1 is 1.20 bits per heavy atom. The largest absolute Gasteiger partial charge is 0.355 e. The van der Waals surface area contributed by atoms with Crippen LogP contribution in [-0.2, 0) is 4.79 Å². The van der Waals surface area contributed by atoms with Crippen LogP contribution in [0.4, 0.5) is 10.2 Å². The molecule has 0 saturated carbocycles. The number of rotatable bonds is 3. The van der Waals surface area contributed by atoms with Crippen LogP contribution in [-0.4, -0.2) is 59.4 Å². The van der Waals surface area contributed by atoms with Gasteiger partial charge in [-0.25, -0.2) is 9.37 Å². The van der Waals surface area contributed by atoms with E-state index in [-0.39, 0.29) is 29.2 Å². The molecule has 158 valence electrons. The number of aromatic nitrogens is 2. The molecule has 3 heterocycles. The monoisotopic (exact) mass is 411 g/mol. The molecule has 2 saturated heterocycles. The second-order valence-corrected chi connectivity index (χ2v) is 8.14. The minimum Gasteiger partial charge on any atom is -0.355 e. The van der Waals surface area contributed by atoms with E-state index in [4.69, 9.17) is 0 Å². The van der Waals surface area contributed by atoms with Crippen molar-refractivity contribution < 1.29 is 14.0 Å². The maximum Gasteiger partial charge on any atom is 0.256 e. The average molecular weight is 411 g/mol. The highest BCUT2D eigenvalue weighted by Crippen LogP contribution is 2.30. The third-order valence-corrected chi connectivity index (χ3v) is 5.94. The van der Waals surface area contributed by atoms with Crippen LogP contribution in [0.2, 0.25) is 0 Å². The first-order valence-corrected chi connectivity index (χ1v) is 10.3. The molecule has 0 radical (unpaired) electrons. The Bertz CT molecular complexity index is 987. The summed E-state index contributed by atoms with van der Waals surface area (Å²) in [5.41, 5.74) is 2.39. The minimum atomic E-state index is -0.577. The number of hydrogen-bond acceptors (Lipinski definition) is 5. The number of carbonyl (C=O) groups is 2. The molecule has 7 nitrogen and oxygen atoms in total. The first kappa shape index (κ1) is 20.3. The van der Waals surface area contributed by atoms with E-state index in [0.29, 0.717) is 38.3 Å². The maximum atomic E-state index is 14.8. The van der Waals surface area contributed by atoms with Crippen molar-refractivity contribution in [3.8, 4) is 0 Å². The van der Waals surface area contributed by atoms with Crippen LogP contribution in [0.3, 0.4) is 0 Å². The van der Waals surface area contributed by atoms with Crippen molar-refractivity contribution in [1.82, 2.24) is 20.2 Å². The predicted molar refractivity (Wildman–Crippen MR) is 111 cm³/mol. The lowest BCUT2D eigenvalue weighted by Crippen LogP contribution is -2.49. The topological polar surface area (TPSA) is 78.4 Å². The number of hydrogen-bond donors (Lipinski definition) is 1. The summed E-state index contributed by atoms with van der Waals surface area (Å²) >= 11 is 0. The van der Waals surface area contributed by atoms with Gasteiger partial charge >= 0.3 is 0 Å². The van der Waals surface area contributed by atoms with Gasteiger partial charge in [0.2, 0.25) is 5.91 Å². The molecule has 8 heteroatoms. The predicted octanol–water partition coefficient (Wildman–Crippen LogP) is 2.04. The number of aryl methyl sites for hydroxylation is 2. The smallest absolute Gasteiger partial charge is 0.256 e. The summed E-state index contributed by atoms with van der Waals surface area (Å²) in [6.07, 6.45) is 1.74. The quantitative estimate of drug-likeness (QED) is 0.836. The molecule has 4 rings (SSSR count). The lowest BCUT2D eigenvalue weighted by molar-refractivity contribution is -0.120. The second-order valence-electron chi connectivity index (χ2n) is 8.14. The Morgan fingerprint density at radius 3 is 2.53 bits per heavy atom. The van der Waals surface area contributed by atoms with Crippen LogP contribution in [0.25, 0.3) is 0 Å². The minimum absolute atomic E-state index is 0.0459. The summed E-state index contributed by atoms with van der Waals surface area (Å²) in [6, 6.07) is 4.54. The number of halogens is 1. The van der Waals surface area contributed by atoms with Gasteiger partial charge in [0.1, 0.15) is 11.6 Å². The molecule has 1 aromatic heterocycles. The highest BCUT2D eigenvalue weighted by atomic mass is 19.1. The van der Waals surface area contributed by atoms with Crippen LogP contribution in [0.15, 0.2) is 24.4 Å². The van der Waals surface area contributed by atoms with Gasteiger partial charge in [0, 0.05) is 32.7 Å². The fraction of sp³-hybridized carbons (Fsp3) is 0.455. The van der Waals surface area contributed by atoms with Gasteiger partial charge in [-0.05, 0) is 37.5 Å². The number of nitrogens with zero attached hydrogens (tertiary/aromatic N) is 4. The molecule has 2 fully saturated rings. The Morgan fingerprint density at radius 2 is 1.93 bits per heavy atom. The number of carbonyl (C=O) groups excluding carboxylic acids is 2. The van der Waals surface area contributed by atoms with E-state index in [0.717, 1.165) is 17.2 Å². The van der Waals surface area contributed by atoms with Crippen molar-refractivity contribution >= 4 is 17.6 Å². The average Bonchev–Trinajstić information content (AvgIpc) is 3.06. The maximum absolute atomic E-state index is 14.8. The third-order valence-electron chi connectivity index (χ3n) is 5.94. The summed E-state index contributed by atoms with van der Waals surface area (Å²) < 4.78 is 14.8. The van der Waals surface area contributed by atoms with Gasteiger partial charge in [0.25, 0.3) is 5.91 Å². The zero-order valence-corrected chi connectivity index (χ0v) is 17.5. The summed E-state index contributed by atoms with van der Waals surface area (Å²) in [7, 11) is 0. The van der Waals surface area contributed by atoms with Crippen molar-refractivity contribution in [2.24, 2.45) is 5.92 Å². The molecule has 2 atom stereocenters. The van der Waals surface area contributed by atoms with Gasteiger partial charge in [-0.3, -0.25) is 14.6 Å². The number of piperazine rings is 1. The lowest BCUT2D eigenvalue weighted by Gasteiger charge is -2.36. The Labute approximate surface area is 175 Å². The van der Waals surface area contributed by atoms with Gasteiger partial charge in [0.05, 0.1) is 29.1 Å². The number of anilines is 1. The molecular formula is C22H26FN5O2. The van der Waals surface area contributed by atoms with Gasteiger partial charge in [0.15, 0.2) is 0 Å². The number of amides is 2. The normalized spacial score (nSPS) is 21.7.